The van der Waals surface area contributed by atoms with Gasteiger partial charge in [-0.3, -0.25) is 9.67 Å². The second kappa shape index (κ2) is 7.50. The molecule has 2 N–H and O–H groups in total. The molecule has 0 spiro atoms. The third-order valence-corrected chi connectivity index (χ3v) is 4.24. The maximum Gasteiger partial charge on any atom is 0.335 e. The van der Waals surface area contributed by atoms with Crippen molar-refractivity contribution in [3.8, 4) is 34.3 Å². The highest BCUT2D eigenvalue weighted by atomic mass is 32.1. The molecule has 0 amide bonds. The molecule has 0 aliphatic carbocycles. The van der Waals surface area contributed by atoms with Crippen LogP contribution in [0.25, 0.3) is 17.1 Å². The van der Waals surface area contributed by atoms with Crippen LogP contribution >= 0.6 is 12.2 Å². The van der Waals surface area contributed by atoms with Crippen LogP contribution in [-0.4, -0.2) is 47.2 Å². The molecular formula is C18H17N3O5S. The summed E-state index contributed by atoms with van der Waals surface area (Å²) in [5.74, 6) is 0.946. The highest BCUT2D eigenvalue weighted by Gasteiger charge is 2.18. The fraction of sp³-hybridized carbons (Fsp3) is 0.167. The Kier molecular flexibility index (Phi) is 5.13. The molecule has 8 nitrogen and oxygen atoms in total. The van der Waals surface area contributed by atoms with E-state index in [1.54, 1.807) is 28.8 Å². The van der Waals surface area contributed by atoms with Crippen molar-refractivity contribution in [3.63, 3.8) is 0 Å². The van der Waals surface area contributed by atoms with Gasteiger partial charge < -0.3 is 19.3 Å². The maximum absolute atomic E-state index is 11.1. The first-order chi connectivity index (χ1) is 13.0. The van der Waals surface area contributed by atoms with Crippen molar-refractivity contribution in [3.05, 3.63) is 46.7 Å². The third-order valence-electron chi connectivity index (χ3n) is 3.97. The molecule has 0 bridgehead atoms. The van der Waals surface area contributed by atoms with Crippen LogP contribution in [-0.2, 0) is 0 Å². The lowest BCUT2D eigenvalue weighted by atomic mass is 10.1. The number of aromatic carboxylic acids is 1. The third kappa shape index (κ3) is 3.36. The van der Waals surface area contributed by atoms with Crippen LogP contribution in [0.3, 0.4) is 0 Å². The van der Waals surface area contributed by atoms with Gasteiger partial charge >= 0.3 is 5.97 Å². The van der Waals surface area contributed by atoms with E-state index in [9.17, 15) is 4.79 Å². The minimum absolute atomic E-state index is 0.183. The molecular weight excluding hydrogens is 370 g/mol. The lowest BCUT2D eigenvalue weighted by Crippen LogP contribution is -2.01. The van der Waals surface area contributed by atoms with Crippen molar-refractivity contribution in [1.29, 1.82) is 0 Å². The molecule has 0 saturated heterocycles. The SMILES string of the molecule is COc1cc(-c2n[nH]c(=S)n2-c2ccc(C(=O)O)cc2)cc(OC)c1OC. The van der Waals surface area contributed by atoms with E-state index in [0.717, 1.165) is 0 Å². The number of carboxylic acid groups (broad SMARTS) is 1. The molecule has 0 aliphatic rings. The van der Waals surface area contributed by atoms with Crippen molar-refractivity contribution in [2.45, 2.75) is 0 Å². The van der Waals surface area contributed by atoms with Gasteiger partial charge in [-0.25, -0.2) is 4.79 Å². The standard InChI is InChI=1S/C18H17N3O5S/c1-24-13-8-11(9-14(25-2)15(13)26-3)16-19-20-18(27)21(16)12-6-4-10(5-7-12)17(22)23/h4-9H,1-3H3,(H,20,27)(H,22,23). The van der Waals surface area contributed by atoms with E-state index in [-0.39, 0.29) is 5.56 Å². The van der Waals surface area contributed by atoms with E-state index in [4.69, 9.17) is 31.5 Å². The van der Waals surface area contributed by atoms with Crippen LogP contribution < -0.4 is 14.2 Å². The van der Waals surface area contributed by atoms with Crippen LogP contribution in [0.4, 0.5) is 0 Å². The Balaban J connectivity index is 2.17. The number of nitrogens with one attached hydrogen (secondary N) is 1. The van der Waals surface area contributed by atoms with E-state index in [2.05, 4.69) is 10.2 Å². The van der Waals surface area contributed by atoms with Gasteiger partial charge in [0.1, 0.15) is 0 Å². The second-order valence-electron chi connectivity index (χ2n) is 5.45. The zero-order valence-electron chi connectivity index (χ0n) is 14.8. The van der Waals surface area contributed by atoms with Gasteiger partial charge in [-0.2, -0.15) is 5.10 Å². The molecule has 0 radical (unpaired) electrons. The molecule has 0 fully saturated rings. The Hall–Kier alpha value is -3.33. The van der Waals surface area contributed by atoms with Gasteiger partial charge in [0.15, 0.2) is 22.1 Å². The molecule has 9 heteroatoms. The van der Waals surface area contributed by atoms with Gasteiger partial charge in [0.05, 0.1) is 32.6 Å². The van der Waals surface area contributed by atoms with Crippen LogP contribution in [0.15, 0.2) is 36.4 Å². The van der Waals surface area contributed by atoms with Crippen LogP contribution in [0.5, 0.6) is 17.2 Å². The lowest BCUT2D eigenvalue weighted by molar-refractivity contribution is 0.0697. The van der Waals surface area contributed by atoms with Crippen molar-refractivity contribution in [2.24, 2.45) is 0 Å². The highest BCUT2D eigenvalue weighted by molar-refractivity contribution is 7.71. The molecule has 1 heterocycles. The Morgan fingerprint density at radius 1 is 1.07 bits per heavy atom. The number of rotatable bonds is 6. The molecule has 140 valence electrons. The van der Waals surface area contributed by atoms with Gasteiger partial charge in [0.2, 0.25) is 5.75 Å². The zero-order valence-corrected chi connectivity index (χ0v) is 15.7. The summed E-state index contributed by atoms with van der Waals surface area (Å²) in [5, 5.41) is 16.1. The number of aromatic nitrogens is 3. The molecule has 0 aliphatic heterocycles. The fourth-order valence-corrected chi connectivity index (χ4v) is 2.93. The van der Waals surface area contributed by atoms with Gasteiger partial charge in [0, 0.05) is 5.56 Å². The minimum atomic E-state index is -0.998. The molecule has 2 aromatic carbocycles. The van der Waals surface area contributed by atoms with Crippen molar-refractivity contribution < 1.29 is 24.1 Å². The Morgan fingerprint density at radius 3 is 2.15 bits per heavy atom. The van der Waals surface area contributed by atoms with Gasteiger partial charge in [0.25, 0.3) is 0 Å². The highest BCUT2D eigenvalue weighted by Crippen LogP contribution is 2.41. The number of carbonyl (C=O) groups is 1. The smallest absolute Gasteiger partial charge is 0.335 e. The van der Waals surface area contributed by atoms with Crippen LogP contribution in [0.2, 0.25) is 0 Å². The molecule has 0 atom stereocenters. The largest absolute Gasteiger partial charge is 0.493 e. The second-order valence-corrected chi connectivity index (χ2v) is 5.84. The Bertz CT molecular complexity index is 1010. The van der Waals surface area contributed by atoms with Crippen molar-refractivity contribution in [1.82, 2.24) is 14.8 Å². The fourth-order valence-electron chi connectivity index (χ4n) is 2.69. The monoisotopic (exact) mass is 387 g/mol. The molecule has 0 unspecified atom stereocenters. The van der Waals surface area contributed by atoms with Gasteiger partial charge in [-0.15, -0.1) is 0 Å². The number of hydrogen-bond acceptors (Lipinski definition) is 6. The summed E-state index contributed by atoms with van der Waals surface area (Å²) >= 11 is 5.35. The number of aromatic amines is 1. The predicted octanol–water partition coefficient (Wildman–Crippen LogP) is 3.32. The molecule has 1 aromatic heterocycles. The summed E-state index contributed by atoms with van der Waals surface area (Å²) in [6.07, 6.45) is 0. The van der Waals surface area contributed by atoms with E-state index in [1.165, 1.54) is 33.5 Å². The first kappa shape index (κ1) is 18.5. The minimum Gasteiger partial charge on any atom is -0.493 e. The van der Waals surface area contributed by atoms with E-state index < -0.39 is 5.97 Å². The maximum atomic E-state index is 11.1. The number of H-pyrrole nitrogens is 1. The van der Waals surface area contributed by atoms with Gasteiger partial charge in [-0.05, 0) is 48.6 Å². The summed E-state index contributed by atoms with van der Waals surface area (Å²) < 4.78 is 18.2. The first-order valence-corrected chi connectivity index (χ1v) is 8.22. The average molecular weight is 387 g/mol. The number of benzene rings is 2. The first-order valence-electron chi connectivity index (χ1n) is 7.81. The van der Waals surface area contributed by atoms with E-state index in [0.29, 0.717) is 39.1 Å². The topological polar surface area (TPSA) is 98.6 Å². The number of ether oxygens (including phenoxy) is 3. The quantitative estimate of drug-likeness (QED) is 0.626. The van der Waals surface area contributed by atoms with E-state index >= 15 is 0 Å². The Labute approximate surface area is 159 Å². The Morgan fingerprint density at radius 2 is 1.67 bits per heavy atom. The lowest BCUT2D eigenvalue weighted by Gasteiger charge is -2.14. The summed E-state index contributed by atoms with van der Waals surface area (Å²) in [6, 6.07) is 9.85. The average Bonchev–Trinajstić information content (AvgIpc) is 3.08. The van der Waals surface area contributed by atoms with Gasteiger partial charge in [-0.1, -0.05) is 0 Å². The molecule has 27 heavy (non-hydrogen) atoms. The summed E-state index contributed by atoms with van der Waals surface area (Å²) in [5.41, 5.74) is 1.53. The molecule has 0 saturated carbocycles. The van der Waals surface area contributed by atoms with Crippen molar-refractivity contribution >= 4 is 18.2 Å². The predicted molar refractivity (Wildman–Crippen MR) is 101 cm³/mol. The molecule has 3 rings (SSSR count). The summed E-state index contributed by atoms with van der Waals surface area (Å²) in [6.45, 7) is 0. The molecule has 3 aromatic rings. The van der Waals surface area contributed by atoms with Crippen molar-refractivity contribution in [2.75, 3.05) is 21.3 Å². The zero-order chi connectivity index (χ0) is 19.6. The summed E-state index contributed by atoms with van der Waals surface area (Å²) in [7, 11) is 4.59. The number of methoxy groups -OCH3 is 3. The number of hydrogen-bond donors (Lipinski definition) is 2. The van der Waals surface area contributed by atoms with Crippen LogP contribution in [0, 0.1) is 4.77 Å². The number of nitrogens with zero attached hydrogens (tertiary/aromatic N) is 2. The van der Waals surface area contributed by atoms with E-state index in [1.807, 2.05) is 0 Å². The normalized spacial score (nSPS) is 10.5. The van der Waals surface area contributed by atoms with Crippen LogP contribution in [0.1, 0.15) is 10.4 Å². The number of carboxylic acids is 1. The summed E-state index contributed by atoms with van der Waals surface area (Å²) in [4.78, 5) is 11.1.